The first kappa shape index (κ1) is 10.6. The summed E-state index contributed by atoms with van der Waals surface area (Å²) in [5, 5.41) is 1.72. The molecule has 0 amide bonds. The molecule has 0 radical (unpaired) electrons. The molecule has 5 atom stereocenters. The molecule has 0 bridgehead atoms. The van der Waals surface area contributed by atoms with Gasteiger partial charge in [0.05, 0.1) is 0 Å². The summed E-state index contributed by atoms with van der Waals surface area (Å²) >= 11 is 0. The van der Waals surface area contributed by atoms with Gasteiger partial charge in [0.15, 0.2) is 0 Å². The van der Waals surface area contributed by atoms with E-state index in [9.17, 15) is 0 Å². The molecule has 17 heavy (non-hydrogen) atoms. The van der Waals surface area contributed by atoms with E-state index in [1.54, 1.807) is 18.1 Å². The Balaban J connectivity index is 1.73. The van der Waals surface area contributed by atoms with Crippen molar-refractivity contribution >= 4 is 13.2 Å². The summed E-state index contributed by atoms with van der Waals surface area (Å²) < 4.78 is 0. The van der Waals surface area contributed by atoms with Gasteiger partial charge in [0.25, 0.3) is 0 Å². The zero-order chi connectivity index (χ0) is 11.2. The first-order valence-electron chi connectivity index (χ1n) is 7.28. The van der Waals surface area contributed by atoms with Crippen LogP contribution < -0.4 is 5.30 Å². The second-order valence-electron chi connectivity index (χ2n) is 6.07. The van der Waals surface area contributed by atoms with Gasteiger partial charge >= 0.3 is 0 Å². The summed E-state index contributed by atoms with van der Waals surface area (Å²) in [5.74, 6) is 2.24. The Morgan fingerprint density at radius 3 is 1.94 bits per heavy atom. The molecule has 0 aromatic heterocycles. The molecular formula is C16H21P. The van der Waals surface area contributed by atoms with Gasteiger partial charge in [0.2, 0.25) is 0 Å². The van der Waals surface area contributed by atoms with Crippen LogP contribution in [0.1, 0.15) is 38.5 Å². The van der Waals surface area contributed by atoms with Crippen LogP contribution in [0, 0.1) is 11.8 Å². The van der Waals surface area contributed by atoms with Crippen LogP contribution in [0.3, 0.4) is 0 Å². The second-order valence-corrected chi connectivity index (χ2v) is 8.72. The fraction of sp³-hybridized carbons (Fsp3) is 0.625. The van der Waals surface area contributed by atoms with E-state index in [0.29, 0.717) is 0 Å². The molecule has 0 spiro atoms. The molecule has 1 heteroatoms. The van der Waals surface area contributed by atoms with E-state index >= 15 is 0 Å². The van der Waals surface area contributed by atoms with Crippen LogP contribution >= 0.6 is 7.92 Å². The third kappa shape index (κ3) is 1.53. The summed E-state index contributed by atoms with van der Waals surface area (Å²) in [4.78, 5) is 0. The Bertz CT molecular complexity index is 379. The number of fused-ring (bicyclic) bond motifs is 3. The summed E-state index contributed by atoms with van der Waals surface area (Å²) in [6.45, 7) is 0. The van der Waals surface area contributed by atoms with Crippen LogP contribution in [0.25, 0.3) is 0 Å². The van der Waals surface area contributed by atoms with Crippen LogP contribution in [-0.2, 0) is 0 Å². The van der Waals surface area contributed by atoms with Crippen molar-refractivity contribution in [2.75, 3.05) is 0 Å². The SMILES string of the molecule is c1ccc(P2C3CCC[C@@H]3C3CCC[C@@H]32)cc1. The zero-order valence-electron chi connectivity index (χ0n) is 10.4. The normalized spacial score (nSPS) is 43.6. The highest BCUT2D eigenvalue weighted by Gasteiger charge is 2.53. The smallest absolute Gasteiger partial charge is 0.0135 e. The predicted molar refractivity (Wildman–Crippen MR) is 75.3 cm³/mol. The van der Waals surface area contributed by atoms with Crippen molar-refractivity contribution in [2.24, 2.45) is 11.8 Å². The van der Waals surface area contributed by atoms with Gasteiger partial charge in [0.1, 0.15) is 0 Å². The van der Waals surface area contributed by atoms with Crippen molar-refractivity contribution in [3.8, 4) is 0 Å². The van der Waals surface area contributed by atoms with E-state index in [2.05, 4.69) is 30.3 Å². The van der Waals surface area contributed by atoms with E-state index in [1.165, 1.54) is 25.7 Å². The molecule has 3 unspecified atom stereocenters. The number of benzene rings is 1. The van der Waals surface area contributed by atoms with Crippen LogP contribution in [0.4, 0.5) is 0 Å². The zero-order valence-corrected chi connectivity index (χ0v) is 11.3. The third-order valence-electron chi connectivity index (χ3n) is 5.38. The van der Waals surface area contributed by atoms with Gasteiger partial charge in [-0.2, -0.15) is 0 Å². The lowest BCUT2D eigenvalue weighted by atomic mass is 9.90. The molecule has 1 aromatic carbocycles. The monoisotopic (exact) mass is 244 g/mol. The Hall–Kier alpha value is -0.350. The van der Waals surface area contributed by atoms with Gasteiger partial charge in [-0.25, -0.2) is 0 Å². The molecule has 2 saturated carbocycles. The lowest BCUT2D eigenvalue weighted by molar-refractivity contribution is 0.384. The lowest BCUT2D eigenvalue weighted by Gasteiger charge is -2.24. The van der Waals surface area contributed by atoms with Crippen LogP contribution in [0.15, 0.2) is 30.3 Å². The van der Waals surface area contributed by atoms with E-state index < -0.39 is 0 Å². The molecule has 1 heterocycles. The molecule has 3 aliphatic rings. The van der Waals surface area contributed by atoms with Crippen molar-refractivity contribution in [3.05, 3.63) is 30.3 Å². The second kappa shape index (κ2) is 4.09. The van der Waals surface area contributed by atoms with Gasteiger partial charge in [-0.15, -0.1) is 0 Å². The standard InChI is InChI=1S/C16H21P/c1-2-6-12(7-3-1)17-15-10-4-8-13(15)14-9-5-11-16(14)17/h1-3,6-7,13-16H,4-5,8-11H2/t13-,14?,15?,16+,17?/m1/s1. The maximum absolute atomic E-state index is 2.42. The third-order valence-corrected chi connectivity index (χ3v) is 8.99. The quantitative estimate of drug-likeness (QED) is 0.651. The van der Waals surface area contributed by atoms with Crippen LogP contribution in [-0.4, -0.2) is 11.3 Å². The molecular weight excluding hydrogens is 223 g/mol. The van der Waals surface area contributed by atoms with E-state index in [0.717, 1.165) is 23.2 Å². The molecule has 90 valence electrons. The lowest BCUT2D eigenvalue weighted by Crippen LogP contribution is -2.14. The minimum Gasteiger partial charge on any atom is -0.0684 e. The van der Waals surface area contributed by atoms with Crippen molar-refractivity contribution in [2.45, 2.75) is 49.8 Å². The van der Waals surface area contributed by atoms with Gasteiger partial charge in [0, 0.05) is 0 Å². The fourth-order valence-electron chi connectivity index (χ4n) is 4.86. The van der Waals surface area contributed by atoms with Crippen molar-refractivity contribution in [1.82, 2.24) is 0 Å². The molecule has 1 aliphatic heterocycles. The highest BCUT2D eigenvalue weighted by atomic mass is 31.1. The molecule has 0 N–H and O–H groups in total. The Morgan fingerprint density at radius 2 is 1.35 bits per heavy atom. The molecule has 0 nitrogen and oxygen atoms in total. The average Bonchev–Trinajstić information content (AvgIpc) is 3.01. The maximum atomic E-state index is 2.42. The summed E-state index contributed by atoms with van der Waals surface area (Å²) in [7, 11) is 0.179. The molecule has 1 aromatic rings. The Labute approximate surface area is 106 Å². The van der Waals surface area contributed by atoms with Gasteiger partial charge < -0.3 is 0 Å². The first-order valence-corrected chi connectivity index (χ1v) is 8.76. The maximum Gasteiger partial charge on any atom is -0.0135 e. The van der Waals surface area contributed by atoms with Gasteiger partial charge in [-0.1, -0.05) is 51.1 Å². The first-order chi connectivity index (χ1) is 8.45. The van der Waals surface area contributed by atoms with Crippen LogP contribution in [0.2, 0.25) is 0 Å². The largest absolute Gasteiger partial charge is 0.0684 e. The molecule has 1 saturated heterocycles. The topological polar surface area (TPSA) is 0 Å². The fourth-order valence-corrected chi connectivity index (χ4v) is 9.12. The molecule has 2 aliphatic carbocycles. The Morgan fingerprint density at radius 1 is 0.765 bits per heavy atom. The highest BCUT2D eigenvalue weighted by molar-refractivity contribution is 7.67. The highest BCUT2D eigenvalue weighted by Crippen LogP contribution is 2.68. The number of rotatable bonds is 1. The van der Waals surface area contributed by atoms with Gasteiger partial charge in [-0.3, -0.25) is 0 Å². The van der Waals surface area contributed by atoms with Crippen molar-refractivity contribution in [1.29, 1.82) is 0 Å². The number of hydrogen-bond donors (Lipinski definition) is 0. The summed E-state index contributed by atoms with van der Waals surface area (Å²) in [5.41, 5.74) is 2.20. The summed E-state index contributed by atoms with van der Waals surface area (Å²) in [6, 6.07) is 11.5. The predicted octanol–water partition coefficient (Wildman–Crippen LogP) is 4.14. The minimum atomic E-state index is 0.179. The number of hydrogen-bond acceptors (Lipinski definition) is 0. The average molecular weight is 244 g/mol. The Kier molecular flexibility index (Phi) is 2.54. The van der Waals surface area contributed by atoms with Crippen molar-refractivity contribution in [3.63, 3.8) is 0 Å². The van der Waals surface area contributed by atoms with E-state index in [4.69, 9.17) is 0 Å². The molecule has 3 fully saturated rings. The minimum absolute atomic E-state index is 0.179. The van der Waals surface area contributed by atoms with E-state index in [-0.39, 0.29) is 7.92 Å². The summed E-state index contributed by atoms with van der Waals surface area (Å²) in [6.07, 6.45) is 9.22. The van der Waals surface area contributed by atoms with Crippen LogP contribution in [0.5, 0.6) is 0 Å². The van der Waals surface area contributed by atoms with Crippen molar-refractivity contribution < 1.29 is 0 Å². The van der Waals surface area contributed by atoms with Gasteiger partial charge in [-0.05, 0) is 54.1 Å². The molecule has 4 rings (SSSR count). The van der Waals surface area contributed by atoms with E-state index in [1.807, 2.05) is 0 Å².